The summed E-state index contributed by atoms with van der Waals surface area (Å²) in [5, 5.41) is 12.2. The maximum absolute atomic E-state index is 14.1. The third-order valence-corrected chi connectivity index (χ3v) is 9.39. The highest BCUT2D eigenvalue weighted by atomic mass is 32.2. The van der Waals surface area contributed by atoms with Gasteiger partial charge in [-0.05, 0) is 74.7 Å². The third kappa shape index (κ3) is 5.77. The van der Waals surface area contributed by atoms with E-state index in [-0.39, 0.29) is 16.2 Å². The molecule has 2 aliphatic heterocycles. The van der Waals surface area contributed by atoms with Crippen LogP contribution in [0.4, 0.5) is 15.8 Å². The van der Waals surface area contributed by atoms with E-state index in [0.29, 0.717) is 37.6 Å². The fraction of sp³-hybridized carbons (Fsp3) is 0.333. The molecule has 41 heavy (non-hydrogen) atoms. The number of nitrogens with one attached hydrogen (secondary N) is 1. The number of benzene rings is 2. The minimum absolute atomic E-state index is 0.0160. The number of anilines is 2. The summed E-state index contributed by atoms with van der Waals surface area (Å²) in [5.74, 6) is -1.32. The van der Waals surface area contributed by atoms with E-state index in [0.717, 1.165) is 43.0 Å². The molecule has 11 heteroatoms. The van der Waals surface area contributed by atoms with Crippen molar-refractivity contribution in [3.63, 3.8) is 0 Å². The van der Waals surface area contributed by atoms with Crippen molar-refractivity contribution in [2.45, 2.75) is 31.6 Å². The minimum Gasteiger partial charge on any atom is -0.379 e. The van der Waals surface area contributed by atoms with Crippen LogP contribution in [-0.2, 0) is 19.6 Å². The highest BCUT2D eigenvalue weighted by Gasteiger charge is 2.29. The van der Waals surface area contributed by atoms with Gasteiger partial charge in [0.2, 0.25) is 10.0 Å². The van der Waals surface area contributed by atoms with Gasteiger partial charge in [-0.15, -0.1) is 0 Å². The zero-order valence-electron chi connectivity index (χ0n) is 23.1. The molecule has 0 aliphatic carbocycles. The van der Waals surface area contributed by atoms with Crippen molar-refractivity contribution in [3.05, 3.63) is 76.9 Å². The number of hydrogen-bond donors (Lipinski definition) is 1. The highest BCUT2D eigenvalue weighted by molar-refractivity contribution is 7.89. The number of nitriles is 1. The number of sulfonamides is 1. The summed E-state index contributed by atoms with van der Waals surface area (Å²) >= 11 is 0. The molecule has 0 spiro atoms. The van der Waals surface area contributed by atoms with Gasteiger partial charge in [0.1, 0.15) is 17.5 Å². The van der Waals surface area contributed by atoms with Gasteiger partial charge in [-0.1, -0.05) is 12.1 Å². The van der Waals surface area contributed by atoms with Crippen molar-refractivity contribution in [2.24, 2.45) is 0 Å². The van der Waals surface area contributed by atoms with Crippen LogP contribution in [-0.4, -0.2) is 62.6 Å². The van der Waals surface area contributed by atoms with E-state index in [1.54, 1.807) is 18.2 Å². The van der Waals surface area contributed by atoms with Gasteiger partial charge in [0.15, 0.2) is 0 Å². The third-order valence-electron chi connectivity index (χ3n) is 7.50. The van der Waals surface area contributed by atoms with Crippen molar-refractivity contribution in [2.75, 3.05) is 49.6 Å². The molecule has 1 amide bonds. The van der Waals surface area contributed by atoms with Gasteiger partial charge in [0, 0.05) is 37.6 Å². The number of nitrogens with zero attached hydrogens (tertiary/aromatic N) is 4. The van der Waals surface area contributed by atoms with E-state index < -0.39 is 21.7 Å². The monoisotopic (exact) mass is 577 g/mol. The van der Waals surface area contributed by atoms with E-state index in [1.165, 1.54) is 28.6 Å². The smallest absolute Gasteiger partial charge is 0.266 e. The molecule has 5 rings (SSSR count). The Morgan fingerprint density at radius 1 is 1.02 bits per heavy atom. The lowest BCUT2D eigenvalue weighted by molar-refractivity contribution is -0.112. The number of ether oxygens (including phenoxy) is 1. The number of morpholine rings is 1. The number of aryl methyl sites for hydroxylation is 1. The van der Waals surface area contributed by atoms with Gasteiger partial charge in [-0.3, -0.25) is 4.79 Å². The van der Waals surface area contributed by atoms with Crippen LogP contribution in [0.25, 0.3) is 11.8 Å². The number of hydrogen-bond acceptors (Lipinski definition) is 6. The maximum atomic E-state index is 14.1. The number of aromatic nitrogens is 1. The molecule has 0 bridgehead atoms. The quantitative estimate of drug-likeness (QED) is 0.330. The Balaban J connectivity index is 1.56. The topological polar surface area (TPSA) is 108 Å². The predicted molar refractivity (Wildman–Crippen MR) is 155 cm³/mol. The number of amides is 1. The lowest BCUT2D eigenvalue weighted by Gasteiger charge is -2.28. The first kappa shape index (κ1) is 28.5. The molecule has 1 N–H and O–H groups in total. The lowest BCUT2D eigenvalue weighted by Crippen LogP contribution is -2.40. The van der Waals surface area contributed by atoms with Gasteiger partial charge in [-0.25, -0.2) is 12.8 Å². The fourth-order valence-corrected chi connectivity index (χ4v) is 6.79. The van der Waals surface area contributed by atoms with Crippen LogP contribution in [0.15, 0.2) is 59.0 Å². The molecule has 2 fully saturated rings. The van der Waals surface area contributed by atoms with E-state index in [9.17, 15) is 22.9 Å². The first-order valence-electron chi connectivity index (χ1n) is 13.5. The van der Waals surface area contributed by atoms with Crippen LogP contribution < -0.4 is 10.2 Å². The zero-order chi connectivity index (χ0) is 29.1. The average molecular weight is 578 g/mol. The minimum atomic E-state index is -3.74. The molecular formula is C30H32FN5O4S. The molecule has 0 radical (unpaired) electrons. The highest BCUT2D eigenvalue weighted by Crippen LogP contribution is 2.34. The van der Waals surface area contributed by atoms with Gasteiger partial charge >= 0.3 is 0 Å². The summed E-state index contributed by atoms with van der Waals surface area (Å²) in [6, 6.07) is 14.8. The molecule has 2 saturated heterocycles. The molecule has 3 heterocycles. The molecule has 0 saturated carbocycles. The molecule has 1 aromatic heterocycles. The predicted octanol–water partition coefficient (Wildman–Crippen LogP) is 4.40. The van der Waals surface area contributed by atoms with Crippen LogP contribution in [0, 0.1) is 31.0 Å². The van der Waals surface area contributed by atoms with Crippen LogP contribution in [0.5, 0.6) is 0 Å². The Kier molecular flexibility index (Phi) is 8.26. The molecule has 3 aromatic rings. The van der Waals surface area contributed by atoms with E-state index in [4.69, 9.17) is 4.74 Å². The first-order chi connectivity index (χ1) is 19.7. The standard InChI is InChI=1S/C30H32FN5O4S/c1-21-17-23(18-24(20-32)30(37)33-27-8-4-3-7-26(27)31)22(2)36(21)29-19-25(9-10-28(29)34-11-5-6-12-34)41(38,39)35-13-15-40-16-14-35/h3-4,7-10,17-19H,5-6,11-16H2,1-2H3,(H,33,37)/b24-18+. The number of carbonyl (C=O) groups is 1. The number of para-hydroxylation sites is 1. The summed E-state index contributed by atoms with van der Waals surface area (Å²) in [7, 11) is -3.74. The normalized spacial score (nSPS) is 16.5. The largest absolute Gasteiger partial charge is 0.379 e. The lowest BCUT2D eigenvalue weighted by atomic mass is 10.1. The first-order valence-corrected chi connectivity index (χ1v) is 15.0. The molecular weight excluding hydrogens is 545 g/mol. The maximum Gasteiger partial charge on any atom is 0.266 e. The fourth-order valence-electron chi connectivity index (χ4n) is 5.37. The van der Waals surface area contributed by atoms with Crippen molar-refractivity contribution in [1.82, 2.24) is 8.87 Å². The van der Waals surface area contributed by atoms with Gasteiger partial charge in [0.25, 0.3) is 5.91 Å². The second-order valence-electron chi connectivity index (χ2n) is 10.1. The van der Waals surface area contributed by atoms with Crippen molar-refractivity contribution >= 4 is 33.4 Å². The van der Waals surface area contributed by atoms with Gasteiger partial charge < -0.3 is 19.5 Å². The molecule has 0 atom stereocenters. The van der Waals surface area contributed by atoms with Crippen LogP contribution in [0.1, 0.15) is 29.8 Å². The van der Waals surface area contributed by atoms with E-state index in [2.05, 4.69) is 10.2 Å². The number of carbonyl (C=O) groups excluding carboxylic acids is 1. The molecule has 214 valence electrons. The van der Waals surface area contributed by atoms with Gasteiger partial charge in [-0.2, -0.15) is 9.57 Å². The molecule has 2 aliphatic rings. The zero-order valence-corrected chi connectivity index (χ0v) is 23.9. The van der Waals surface area contributed by atoms with Crippen molar-refractivity contribution < 1.29 is 22.3 Å². The average Bonchev–Trinajstić information content (AvgIpc) is 3.60. The Bertz CT molecular complexity index is 1650. The number of halogens is 1. The summed E-state index contributed by atoms with van der Waals surface area (Å²) in [4.78, 5) is 15.3. The second-order valence-corrected chi connectivity index (χ2v) is 12.1. The Morgan fingerprint density at radius 3 is 2.41 bits per heavy atom. The van der Waals surface area contributed by atoms with Gasteiger partial charge in [0.05, 0.1) is 35.2 Å². The van der Waals surface area contributed by atoms with Crippen molar-refractivity contribution in [3.8, 4) is 11.8 Å². The summed E-state index contributed by atoms with van der Waals surface area (Å²) < 4.78 is 49.9. The van der Waals surface area contributed by atoms with E-state index >= 15 is 0 Å². The van der Waals surface area contributed by atoms with E-state index in [1.807, 2.05) is 36.6 Å². The second kappa shape index (κ2) is 11.9. The Hall–Kier alpha value is -3.98. The van der Waals surface area contributed by atoms with Crippen molar-refractivity contribution in [1.29, 1.82) is 5.26 Å². The summed E-state index contributed by atoms with van der Waals surface area (Å²) in [6.45, 7) is 6.80. The molecule has 2 aromatic carbocycles. The molecule has 0 unspecified atom stereocenters. The Morgan fingerprint density at radius 2 is 1.73 bits per heavy atom. The summed E-state index contributed by atoms with van der Waals surface area (Å²) in [5.41, 5.74) is 3.59. The van der Waals surface area contributed by atoms with Crippen LogP contribution in [0.2, 0.25) is 0 Å². The van der Waals surface area contributed by atoms with Crippen LogP contribution >= 0.6 is 0 Å². The number of rotatable bonds is 7. The SMILES string of the molecule is Cc1cc(/C=C(\C#N)C(=O)Nc2ccccc2F)c(C)n1-c1cc(S(=O)(=O)N2CCOCC2)ccc1N1CCCC1. The summed E-state index contributed by atoms with van der Waals surface area (Å²) in [6.07, 6.45) is 3.57. The Labute approximate surface area is 239 Å². The van der Waals surface area contributed by atoms with Crippen LogP contribution in [0.3, 0.4) is 0 Å². The molecule has 9 nitrogen and oxygen atoms in total.